The van der Waals surface area contributed by atoms with Gasteiger partial charge in [-0.05, 0) is 6.92 Å². The maximum absolute atomic E-state index is 11.1. The fourth-order valence-electron chi connectivity index (χ4n) is 2.23. The molecule has 1 rings (SSSR count). The van der Waals surface area contributed by atoms with Crippen molar-refractivity contribution in [3.63, 3.8) is 0 Å². The summed E-state index contributed by atoms with van der Waals surface area (Å²) in [6.45, 7) is 1.60. The van der Waals surface area contributed by atoms with Gasteiger partial charge < -0.3 is 45.4 Å². The zero-order valence-electron chi connectivity index (χ0n) is 12.9. The van der Waals surface area contributed by atoms with Crippen molar-refractivity contribution in [1.29, 1.82) is 0 Å². The van der Waals surface area contributed by atoms with Gasteiger partial charge in [-0.3, -0.25) is 4.79 Å². The summed E-state index contributed by atoms with van der Waals surface area (Å²) in [5.74, 6) is -0.466. The van der Waals surface area contributed by atoms with Crippen molar-refractivity contribution < 1.29 is 44.9 Å². The molecular formula is C13H25NO9. The lowest BCUT2D eigenvalue weighted by molar-refractivity contribution is -0.303. The lowest BCUT2D eigenvalue weighted by atomic mass is 9.99. The van der Waals surface area contributed by atoms with Gasteiger partial charge in [-0.2, -0.15) is 0 Å². The van der Waals surface area contributed by atoms with Gasteiger partial charge in [0.05, 0.1) is 25.4 Å². The van der Waals surface area contributed by atoms with E-state index in [1.165, 1.54) is 13.8 Å². The maximum Gasteiger partial charge on any atom is 0.217 e. The minimum absolute atomic E-state index is 0.339. The Balaban J connectivity index is 2.69. The van der Waals surface area contributed by atoms with E-state index < -0.39 is 61.5 Å². The Morgan fingerprint density at radius 2 is 1.83 bits per heavy atom. The highest BCUT2D eigenvalue weighted by Crippen LogP contribution is 2.22. The molecule has 23 heavy (non-hydrogen) atoms. The van der Waals surface area contributed by atoms with E-state index in [9.17, 15) is 30.3 Å². The minimum atomic E-state index is -1.59. The summed E-state index contributed by atoms with van der Waals surface area (Å²) in [5.41, 5.74) is 0. The van der Waals surface area contributed by atoms with Crippen molar-refractivity contribution in [3.8, 4) is 0 Å². The molecule has 1 aliphatic rings. The molecule has 1 fully saturated rings. The monoisotopic (exact) mass is 339 g/mol. The van der Waals surface area contributed by atoms with E-state index in [1.54, 1.807) is 0 Å². The first-order chi connectivity index (χ1) is 10.7. The number of aliphatic hydroxyl groups is 6. The van der Waals surface area contributed by atoms with E-state index in [2.05, 4.69) is 5.32 Å². The summed E-state index contributed by atoms with van der Waals surface area (Å²) >= 11 is 0. The average molecular weight is 339 g/mol. The molecule has 10 heteroatoms. The molecule has 136 valence electrons. The van der Waals surface area contributed by atoms with Crippen LogP contribution in [0.4, 0.5) is 0 Å². The molecule has 1 saturated heterocycles. The molecule has 0 spiro atoms. The number of hydrogen-bond donors (Lipinski definition) is 7. The Morgan fingerprint density at radius 1 is 1.22 bits per heavy atom. The van der Waals surface area contributed by atoms with Crippen LogP contribution in [0.5, 0.6) is 0 Å². The van der Waals surface area contributed by atoms with E-state index in [0.29, 0.717) is 0 Å². The summed E-state index contributed by atoms with van der Waals surface area (Å²) in [4.78, 5) is 11.1. The molecule has 1 heterocycles. The average Bonchev–Trinajstić information content (AvgIpc) is 2.49. The second-order valence-corrected chi connectivity index (χ2v) is 5.57. The minimum Gasteiger partial charge on any atom is -0.394 e. The summed E-state index contributed by atoms with van der Waals surface area (Å²) in [5, 5.41) is 59.8. The number of nitrogens with one attached hydrogen (secondary N) is 1. The molecule has 7 N–H and O–H groups in total. The molecule has 0 bridgehead atoms. The normalized spacial score (nSPS) is 35.4. The van der Waals surface area contributed by atoms with Crippen LogP contribution in [0.3, 0.4) is 0 Å². The zero-order chi connectivity index (χ0) is 17.7. The Hall–Kier alpha value is -0.850. The third kappa shape index (κ3) is 5.33. The summed E-state index contributed by atoms with van der Waals surface area (Å²) in [6.07, 6.45) is -9.68. The molecule has 8 atom stereocenters. The molecule has 8 unspecified atom stereocenters. The first-order valence-corrected chi connectivity index (χ1v) is 7.24. The lowest BCUT2D eigenvalue weighted by Crippen LogP contribution is -2.60. The lowest BCUT2D eigenvalue weighted by Gasteiger charge is -2.40. The highest BCUT2D eigenvalue weighted by molar-refractivity contribution is 5.73. The molecular weight excluding hydrogens is 314 g/mol. The molecule has 0 aromatic carbocycles. The SMILES string of the molecule is CC(=O)NC(COC1OC(CO)C(O)C(O)C1O)C(O)C(C)O. The number of amides is 1. The van der Waals surface area contributed by atoms with Crippen molar-refractivity contribution >= 4 is 5.91 Å². The van der Waals surface area contributed by atoms with Crippen LogP contribution in [0.25, 0.3) is 0 Å². The number of ether oxygens (including phenoxy) is 2. The van der Waals surface area contributed by atoms with E-state index in [1.807, 2.05) is 0 Å². The van der Waals surface area contributed by atoms with Crippen LogP contribution in [0.15, 0.2) is 0 Å². The van der Waals surface area contributed by atoms with Gasteiger partial charge in [0.1, 0.15) is 30.5 Å². The predicted molar refractivity (Wildman–Crippen MR) is 75.0 cm³/mol. The van der Waals surface area contributed by atoms with Gasteiger partial charge in [0, 0.05) is 6.92 Å². The van der Waals surface area contributed by atoms with Gasteiger partial charge in [0.15, 0.2) is 6.29 Å². The summed E-state index contributed by atoms with van der Waals surface area (Å²) in [6, 6.07) is -0.986. The second-order valence-electron chi connectivity index (χ2n) is 5.57. The molecule has 0 aliphatic carbocycles. The van der Waals surface area contributed by atoms with Crippen LogP contribution < -0.4 is 5.32 Å². The second kappa shape index (κ2) is 8.85. The number of carbonyl (C=O) groups excluding carboxylic acids is 1. The van der Waals surface area contributed by atoms with Crippen LogP contribution >= 0.6 is 0 Å². The topological polar surface area (TPSA) is 169 Å². The van der Waals surface area contributed by atoms with Crippen LogP contribution in [0.1, 0.15) is 13.8 Å². The van der Waals surface area contributed by atoms with Gasteiger partial charge in [-0.1, -0.05) is 0 Å². The van der Waals surface area contributed by atoms with Gasteiger partial charge >= 0.3 is 0 Å². The first kappa shape index (κ1) is 20.2. The van der Waals surface area contributed by atoms with E-state index >= 15 is 0 Å². The van der Waals surface area contributed by atoms with Crippen LogP contribution in [0, 0.1) is 0 Å². The van der Waals surface area contributed by atoms with Crippen LogP contribution in [-0.4, -0.2) is 98.7 Å². The molecule has 0 radical (unpaired) electrons. The third-order valence-electron chi connectivity index (χ3n) is 3.58. The Labute approximate surface area is 133 Å². The molecule has 0 saturated carbocycles. The predicted octanol–water partition coefficient (Wildman–Crippen LogP) is -3.95. The van der Waals surface area contributed by atoms with Crippen molar-refractivity contribution in [2.24, 2.45) is 0 Å². The highest BCUT2D eigenvalue weighted by Gasteiger charge is 2.44. The van der Waals surface area contributed by atoms with Crippen LogP contribution in [0.2, 0.25) is 0 Å². The van der Waals surface area contributed by atoms with Gasteiger partial charge in [0.25, 0.3) is 0 Å². The fourth-order valence-corrected chi connectivity index (χ4v) is 2.23. The van der Waals surface area contributed by atoms with E-state index in [4.69, 9.17) is 14.6 Å². The first-order valence-electron chi connectivity index (χ1n) is 7.24. The number of aliphatic hydroxyl groups excluding tert-OH is 6. The maximum atomic E-state index is 11.1. The number of rotatable bonds is 7. The highest BCUT2D eigenvalue weighted by atomic mass is 16.7. The molecule has 0 aromatic rings. The Bertz CT molecular complexity index is 378. The Kier molecular flexibility index (Phi) is 7.77. The third-order valence-corrected chi connectivity index (χ3v) is 3.58. The molecule has 0 aromatic heterocycles. The Morgan fingerprint density at radius 3 is 2.30 bits per heavy atom. The molecule has 1 aliphatic heterocycles. The summed E-state index contributed by atoms with van der Waals surface area (Å²) in [7, 11) is 0. The zero-order valence-corrected chi connectivity index (χ0v) is 12.9. The number of hydrogen-bond acceptors (Lipinski definition) is 9. The fraction of sp³-hybridized carbons (Fsp3) is 0.923. The van der Waals surface area contributed by atoms with Gasteiger partial charge in [0.2, 0.25) is 5.91 Å². The van der Waals surface area contributed by atoms with Crippen molar-refractivity contribution in [2.75, 3.05) is 13.2 Å². The largest absolute Gasteiger partial charge is 0.394 e. The molecule has 1 amide bonds. The number of carbonyl (C=O) groups is 1. The molecule has 10 nitrogen and oxygen atoms in total. The van der Waals surface area contributed by atoms with Crippen molar-refractivity contribution in [1.82, 2.24) is 5.32 Å². The van der Waals surface area contributed by atoms with Gasteiger partial charge in [-0.15, -0.1) is 0 Å². The van der Waals surface area contributed by atoms with Crippen molar-refractivity contribution in [3.05, 3.63) is 0 Å². The quantitative estimate of drug-likeness (QED) is 0.245. The van der Waals surface area contributed by atoms with Gasteiger partial charge in [-0.25, -0.2) is 0 Å². The van der Waals surface area contributed by atoms with E-state index in [-0.39, 0.29) is 6.61 Å². The van der Waals surface area contributed by atoms with Crippen molar-refractivity contribution in [2.45, 2.75) is 62.8 Å². The van der Waals surface area contributed by atoms with E-state index in [0.717, 1.165) is 0 Å². The standard InChI is InChI=1S/C13H25NO9/c1-5(16)9(18)7(14-6(2)17)4-22-13-12(21)11(20)10(19)8(3-15)23-13/h5,7-13,15-16,18-21H,3-4H2,1-2H3,(H,14,17). The van der Waals surface area contributed by atoms with Crippen LogP contribution in [-0.2, 0) is 14.3 Å². The summed E-state index contributed by atoms with van der Waals surface area (Å²) < 4.78 is 10.4. The smallest absolute Gasteiger partial charge is 0.217 e.